The van der Waals surface area contributed by atoms with E-state index >= 15 is 0 Å². The maximum absolute atomic E-state index is 13.8. The number of carbonyl (C=O) groups is 2. The summed E-state index contributed by atoms with van der Waals surface area (Å²) in [5.74, 6) is -1.34. The van der Waals surface area contributed by atoms with E-state index < -0.39 is 17.3 Å². The number of carbonyl (C=O) groups excluding carboxylic acids is 2. The van der Waals surface area contributed by atoms with E-state index in [-0.39, 0.29) is 11.9 Å². The van der Waals surface area contributed by atoms with E-state index in [1.807, 2.05) is 24.3 Å². The molecule has 0 radical (unpaired) electrons. The van der Waals surface area contributed by atoms with E-state index in [9.17, 15) is 9.59 Å². The first-order chi connectivity index (χ1) is 17.1. The van der Waals surface area contributed by atoms with Gasteiger partial charge in [0, 0.05) is 5.41 Å². The Labute approximate surface area is 211 Å². The summed E-state index contributed by atoms with van der Waals surface area (Å²) < 4.78 is 11.8. The largest absolute Gasteiger partial charge is 0.465 e. The Hall–Kier alpha value is -2.62. The molecular formula is C31H42O4. The van der Waals surface area contributed by atoms with Crippen LogP contribution in [0.3, 0.4) is 0 Å². The van der Waals surface area contributed by atoms with Crippen molar-refractivity contribution >= 4 is 11.9 Å². The van der Waals surface area contributed by atoms with Crippen LogP contribution in [0.25, 0.3) is 11.1 Å². The third kappa shape index (κ3) is 5.32. The standard InChI is InChI=1S/C31H42O4/c1-5-9-21-34-29(32)27(15-7-3)31(28(16-8-4)30(33)35-22-10-6-2)25-19-13-11-17-23(25)24-18-12-14-20-26(24)31/h11-14,17-20,27-28H,5-10,15-16,21-22H2,1-4H3. The Morgan fingerprint density at radius 1 is 0.657 bits per heavy atom. The smallest absolute Gasteiger partial charge is 0.310 e. The molecule has 2 aromatic carbocycles. The summed E-state index contributed by atoms with van der Waals surface area (Å²) in [6.45, 7) is 9.20. The minimum Gasteiger partial charge on any atom is -0.465 e. The zero-order chi connectivity index (χ0) is 25.3. The number of fused-ring (bicyclic) bond motifs is 3. The zero-order valence-corrected chi connectivity index (χ0v) is 22.0. The molecule has 0 saturated carbocycles. The van der Waals surface area contributed by atoms with Crippen LogP contribution in [0.2, 0.25) is 0 Å². The lowest BCUT2D eigenvalue weighted by Crippen LogP contribution is -2.49. The molecule has 0 spiro atoms. The van der Waals surface area contributed by atoms with Gasteiger partial charge in [-0.05, 0) is 47.9 Å². The number of ether oxygens (including phenoxy) is 2. The van der Waals surface area contributed by atoms with Crippen molar-refractivity contribution < 1.29 is 19.1 Å². The Balaban J connectivity index is 2.26. The van der Waals surface area contributed by atoms with Gasteiger partial charge in [0.2, 0.25) is 0 Å². The second-order valence-corrected chi connectivity index (χ2v) is 9.68. The zero-order valence-electron chi connectivity index (χ0n) is 22.0. The monoisotopic (exact) mass is 478 g/mol. The van der Waals surface area contributed by atoms with Crippen LogP contribution in [0.15, 0.2) is 48.5 Å². The number of unbranched alkanes of at least 4 members (excludes halogenated alkanes) is 2. The minimum absolute atomic E-state index is 0.200. The molecule has 1 aliphatic carbocycles. The third-order valence-electron chi connectivity index (χ3n) is 7.34. The van der Waals surface area contributed by atoms with Crippen molar-refractivity contribution in [2.24, 2.45) is 11.8 Å². The number of rotatable bonds is 14. The van der Waals surface area contributed by atoms with Crippen molar-refractivity contribution in [3.63, 3.8) is 0 Å². The highest BCUT2D eigenvalue weighted by molar-refractivity contribution is 5.90. The summed E-state index contributed by atoms with van der Waals surface area (Å²) in [4.78, 5) is 27.7. The number of benzene rings is 2. The van der Waals surface area contributed by atoms with Crippen LogP contribution in [0.4, 0.5) is 0 Å². The van der Waals surface area contributed by atoms with Crippen LogP contribution in [-0.2, 0) is 24.5 Å². The van der Waals surface area contributed by atoms with Gasteiger partial charge in [-0.25, -0.2) is 0 Å². The molecule has 190 valence electrons. The average molecular weight is 479 g/mol. The molecule has 0 bridgehead atoms. The Bertz CT molecular complexity index is 900. The normalized spacial score (nSPS) is 15.1. The highest BCUT2D eigenvalue weighted by atomic mass is 16.5. The number of hydrogen-bond donors (Lipinski definition) is 0. The molecule has 0 aliphatic heterocycles. The summed E-state index contributed by atoms with van der Waals surface area (Å²) in [6.07, 6.45) is 6.54. The highest BCUT2D eigenvalue weighted by Gasteiger charge is 2.58. The van der Waals surface area contributed by atoms with Gasteiger partial charge < -0.3 is 9.47 Å². The quantitative estimate of drug-likeness (QED) is 0.209. The van der Waals surface area contributed by atoms with Gasteiger partial charge in [0.15, 0.2) is 0 Å². The molecular weight excluding hydrogens is 436 g/mol. The van der Waals surface area contributed by atoms with E-state index in [0.717, 1.165) is 60.8 Å². The van der Waals surface area contributed by atoms with Gasteiger partial charge in [-0.3, -0.25) is 9.59 Å². The lowest BCUT2D eigenvalue weighted by Gasteiger charge is -2.43. The Morgan fingerprint density at radius 2 is 1.06 bits per heavy atom. The Kier molecular flexibility index (Phi) is 9.94. The summed E-state index contributed by atoms with van der Waals surface area (Å²) in [7, 11) is 0. The van der Waals surface area contributed by atoms with E-state index in [0.29, 0.717) is 26.1 Å². The van der Waals surface area contributed by atoms with Crippen LogP contribution < -0.4 is 0 Å². The molecule has 0 heterocycles. The van der Waals surface area contributed by atoms with E-state index in [2.05, 4.69) is 52.0 Å². The topological polar surface area (TPSA) is 52.6 Å². The first-order valence-corrected chi connectivity index (χ1v) is 13.6. The molecule has 0 N–H and O–H groups in total. The van der Waals surface area contributed by atoms with Gasteiger partial charge in [-0.15, -0.1) is 0 Å². The van der Waals surface area contributed by atoms with Crippen LogP contribution >= 0.6 is 0 Å². The highest BCUT2D eigenvalue weighted by Crippen LogP contribution is 2.59. The molecule has 0 aromatic heterocycles. The fourth-order valence-electron chi connectivity index (χ4n) is 5.77. The molecule has 0 saturated heterocycles. The fraction of sp³-hybridized carbons (Fsp3) is 0.548. The van der Waals surface area contributed by atoms with Crippen molar-refractivity contribution in [3.8, 4) is 11.1 Å². The second-order valence-electron chi connectivity index (χ2n) is 9.68. The third-order valence-corrected chi connectivity index (χ3v) is 7.34. The molecule has 2 atom stereocenters. The maximum atomic E-state index is 13.8. The predicted molar refractivity (Wildman–Crippen MR) is 141 cm³/mol. The first-order valence-electron chi connectivity index (χ1n) is 13.6. The molecule has 3 rings (SSSR count). The Morgan fingerprint density at radius 3 is 1.43 bits per heavy atom. The molecule has 0 fully saturated rings. The second kappa shape index (κ2) is 12.9. The summed E-state index contributed by atoms with van der Waals surface area (Å²) in [6, 6.07) is 16.6. The first kappa shape index (κ1) is 27.0. The average Bonchev–Trinajstić information content (AvgIpc) is 3.17. The summed E-state index contributed by atoms with van der Waals surface area (Å²) in [5, 5.41) is 0. The van der Waals surface area contributed by atoms with Crippen molar-refractivity contribution in [1.82, 2.24) is 0 Å². The lowest BCUT2D eigenvalue weighted by molar-refractivity contribution is -0.158. The number of hydrogen-bond acceptors (Lipinski definition) is 4. The number of esters is 2. The van der Waals surface area contributed by atoms with Gasteiger partial charge in [0.25, 0.3) is 0 Å². The van der Waals surface area contributed by atoms with Crippen LogP contribution in [-0.4, -0.2) is 25.2 Å². The van der Waals surface area contributed by atoms with Gasteiger partial charge >= 0.3 is 11.9 Å². The summed E-state index contributed by atoms with van der Waals surface area (Å²) in [5.41, 5.74) is 3.50. The van der Waals surface area contributed by atoms with Gasteiger partial charge in [-0.2, -0.15) is 0 Å². The molecule has 35 heavy (non-hydrogen) atoms. The molecule has 2 aromatic rings. The van der Waals surface area contributed by atoms with Crippen molar-refractivity contribution in [2.45, 2.75) is 84.5 Å². The van der Waals surface area contributed by atoms with Gasteiger partial charge in [0.05, 0.1) is 25.0 Å². The summed E-state index contributed by atoms with van der Waals surface area (Å²) >= 11 is 0. The molecule has 4 heteroatoms. The van der Waals surface area contributed by atoms with E-state index in [4.69, 9.17) is 9.47 Å². The molecule has 0 amide bonds. The van der Waals surface area contributed by atoms with Crippen molar-refractivity contribution in [3.05, 3.63) is 59.7 Å². The maximum Gasteiger partial charge on any atom is 0.310 e. The van der Waals surface area contributed by atoms with Gasteiger partial charge in [-0.1, -0.05) is 102 Å². The molecule has 1 aliphatic rings. The lowest BCUT2D eigenvalue weighted by atomic mass is 9.58. The molecule has 2 unspecified atom stereocenters. The van der Waals surface area contributed by atoms with E-state index in [1.165, 1.54) is 0 Å². The van der Waals surface area contributed by atoms with Crippen LogP contribution in [0.5, 0.6) is 0 Å². The molecule has 4 nitrogen and oxygen atoms in total. The minimum atomic E-state index is -0.814. The van der Waals surface area contributed by atoms with Crippen molar-refractivity contribution in [1.29, 1.82) is 0 Å². The van der Waals surface area contributed by atoms with Crippen LogP contribution in [0.1, 0.15) is 90.2 Å². The van der Waals surface area contributed by atoms with Crippen molar-refractivity contribution in [2.75, 3.05) is 13.2 Å². The fourth-order valence-corrected chi connectivity index (χ4v) is 5.77. The van der Waals surface area contributed by atoms with E-state index in [1.54, 1.807) is 0 Å². The van der Waals surface area contributed by atoms with Crippen LogP contribution in [0, 0.1) is 11.8 Å². The SMILES string of the molecule is CCCCOC(=O)C(CCC)C1(C(CCC)C(=O)OCCCC)c2ccccc2-c2ccccc21. The van der Waals surface area contributed by atoms with Gasteiger partial charge in [0.1, 0.15) is 0 Å². The predicted octanol–water partition coefficient (Wildman–Crippen LogP) is 7.47.